The maximum atomic E-state index is 11.0. The Kier molecular flexibility index (Phi) is 7.32. The second kappa shape index (κ2) is 6.88. The Morgan fingerprint density at radius 2 is 1.80 bits per heavy atom. The predicted octanol–water partition coefficient (Wildman–Crippen LogP) is 0.333. The van der Waals surface area contributed by atoms with Crippen LogP contribution in [-0.2, 0) is 0 Å². The number of hydrogen-bond acceptors (Lipinski definition) is 4. The minimum atomic E-state index is -0.517. The third kappa shape index (κ3) is 4.03. The Bertz CT molecular complexity index is 339. The fourth-order valence-corrected chi connectivity index (χ4v) is 0.887. The number of benzene rings is 1. The largest absolute Gasteiger partial charge is 0.412 e. The van der Waals surface area contributed by atoms with Gasteiger partial charge in [-0.05, 0) is 12.1 Å². The molecule has 0 aliphatic heterocycles. The fraction of sp³-hybridized carbons (Fsp3) is 0.125. The van der Waals surface area contributed by atoms with E-state index in [4.69, 9.17) is 5.73 Å². The third-order valence-corrected chi connectivity index (χ3v) is 1.59. The van der Waals surface area contributed by atoms with E-state index in [1.54, 1.807) is 0 Å². The summed E-state index contributed by atoms with van der Waals surface area (Å²) in [6, 6.07) is 5.35. The van der Waals surface area contributed by atoms with Crippen LogP contribution in [0, 0.1) is 10.1 Å². The van der Waals surface area contributed by atoms with Gasteiger partial charge in [-0.15, -0.1) is 12.4 Å². The van der Waals surface area contributed by atoms with Crippen molar-refractivity contribution in [2.45, 2.75) is 0 Å². The summed E-state index contributed by atoms with van der Waals surface area (Å²) in [6.45, 7) is -0.0855. The molecule has 0 heterocycles. The number of carbonyl (C=O) groups excluding carboxylic acids is 1. The van der Waals surface area contributed by atoms with E-state index in [-0.39, 0.29) is 35.9 Å². The molecule has 7 heteroatoms. The van der Waals surface area contributed by atoms with Gasteiger partial charge < -0.3 is 11.2 Å². The third-order valence-electron chi connectivity index (χ3n) is 1.59. The molecule has 6 nitrogen and oxygen atoms in total. The molecular formula is C8H11ClN2O4. The van der Waals surface area contributed by atoms with Crippen LogP contribution in [0.25, 0.3) is 0 Å². The lowest BCUT2D eigenvalue weighted by Gasteiger charge is -1.96. The number of Topliss-reactive ketones (excluding diaryl/α,β-unsaturated/α-hetero) is 1. The summed E-state index contributed by atoms with van der Waals surface area (Å²) in [5, 5.41) is 10.2. The average molecular weight is 235 g/mol. The summed E-state index contributed by atoms with van der Waals surface area (Å²) >= 11 is 0. The summed E-state index contributed by atoms with van der Waals surface area (Å²) in [6.07, 6.45) is 0. The molecular weight excluding hydrogens is 224 g/mol. The monoisotopic (exact) mass is 234 g/mol. The number of halogens is 1. The molecule has 0 fully saturated rings. The highest BCUT2D eigenvalue weighted by Crippen LogP contribution is 2.11. The number of nitro groups is 1. The molecule has 1 rings (SSSR count). The van der Waals surface area contributed by atoms with Crippen LogP contribution in [0.4, 0.5) is 5.69 Å². The first-order valence-electron chi connectivity index (χ1n) is 3.63. The van der Waals surface area contributed by atoms with E-state index in [9.17, 15) is 14.9 Å². The van der Waals surface area contributed by atoms with E-state index in [2.05, 4.69) is 0 Å². The van der Waals surface area contributed by atoms with Gasteiger partial charge in [0.05, 0.1) is 11.5 Å². The second-order valence-corrected chi connectivity index (χ2v) is 2.43. The van der Waals surface area contributed by atoms with Crippen molar-refractivity contribution >= 4 is 23.9 Å². The van der Waals surface area contributed by atoms with Crippen LogP contribution in [0.1, 0.15) is 10.4 Å². The number of nitrogens with zero attached hydrogens (tertiary/aromatic N) is 1. The van der Waals surface area contributed by atoms with Crippen molar-refractivity contribution in [3.63, 3.8) is 0 Å². The molecule has 0 aromatic heterocycles. The molecule has 1 aromatic carbocycles. The van der Waals surface area contributed by atoms with Crippen LogP contribution in [0.2, 0.25) is 0 Å². The quantitative estimate of drug-likeness (QED) is 0.461. The molecule has 0 aliphatic rings. The summed E-state index contributed by atoms with van der Waals surface area (Å²) in [5.74, 6) is -0.227. The highest BCUT2D eigenvalue weighted by molar-refractivity contribution is 5.97. The molecule has 0 amide bonds. The van der Waals surface area contributed by atoms with Crippen LogP contribution >= 0.6 is 12.4 Å². The SMILES string of the molecule is Cl.NCC(=O)c1ccc([N+](=O)[O-])cc1.O. The van der Waals surface area contributed by atoms with Gasteiger partial charge in [0, 0.05) is 17.7 Å². The summed E-state index contributed by atoms with van der Waals surface area (Å²) in [5.41, 5.74) is 5.48. The van der Waals surface area contributed by atoms with Crippen molar-refractivity contribution in [3.05, 3.63) is 39.9 Å². The number of carbonyl (C=O) groups is 1. The molecule has 0 bridgehead atoms. The van der Waals surface area contributed by atoms with E-state index in [0.717, 1.165) is 0 Å². The Balaban J connectivity index is 0. The van der Waals surface area contributed by atoms with E-state index < -0.39 is 4.92 Å². The van der Waals surface area contributed by atoms with Crippen LogP contribution < -0.4 is 5.73 Å². The molecule has 15 heavy (non-hydrogen) atoms. The molecule has 0 radical (unpaired) electrons. The maximum absolute atomic E-state index is 11.0. The Morgan fingerprint density at radius 1 is 1.33 bits per heavy atom. The normalized spacial score (nSPS) is 8.33. The van der Waals surface area contributed by atoms with Crippen LogP contribution in [-0.4, -0.2) is 22.7 Å². The highest BCUT2D eigenvalue weighted by Gasteiger charge is 2.07. The fourth-order valence-electron chi connectivity index (χ4n) is 0.887. The Labute approximate surface area is 91.9 Å². The van der Waals surface area contributed by atoms with Gasteiger partial charge in [-0.2, -0.15) is 0 Å². The van der Waals surface area contributed by atoms with Crippen LogP contribution in [0.3, 0.4) is 0 Å². The molecule has 0 unspecified atom stereocenters. The van der Waals surface area contributed by atoms with Crippen molar-refractivity contribution in [3.8, 4) is 0 Å². The van der Waals surface area contributed by atoms with Gasteiger partial charge in [-0.25, -0.2) is 0 Å². The van der Waals surface area contributed by atoms with Gasteiger partial charge in [0.25, 0.3) is 5.69 Å². The lowest BCUT2D eigenvalue weighted by molar-refractivity contribution is -0.384. The molecule has 4 N–H and O–H groups in total. The zero-order valence-corrected chi connectivity index (χ0v) is 8.49. The molecule has 1 aromatic rings. The van der Waals surface area contributed by atoms with Gasteiger partial charge in [-0.1, -0.05) is 0 Å². The first kappa shape index (κ1) is 15.9. The first-order valence-corrected chi connectivity index (χ1v) is 3.63. The standard InChI is InChI=1S/C8H8N2O3.ClH.H2O/c9-5-8(11)6-1-3-7(4-2-6)10(12)13;;/h1-4H,5,9H2;1H;1H2. The maximum Gasteiger partial charge on any atom is 0.269 e. The second-order valence-electron chi connectivity index (χ2n) is 2.43. The van der Waals surface area contributed by atoms with E-state index in [0.29, 0.717) is 5.56 Å². The Hall–Kier alpha value is -1.50. The van der Waals surface area contributed by atoms with Gasteiger partial charge in [0.1, 0.15) is 0 Å². The minimum absolute atomic E-state index is 0. The van der Waals surface area contributed by atoms with Crippen molar-refractivity contribution in [1.29, 1.82) is 0 Å². The van der Waals surface area contributed by atoms with Gasteiger partial charge >= 0.3 is 0 Å². The van der Waals surface area contributed by atoms with Crippen LogP contribution in [0.5, 0.6) is 0 Å². The molecule has 0 atom stereocenters. The van der Waals surface area contributed by atoms with Gasteiger partial charge in [0.2, 0.25) is 0 Å². The Morgan fingerprint density at radius 3 is 2.13 bits per heavy atom. The molecule has 0 aliphatic carbocycles. The summed E-state index contributed by atoms with van der Waals surface area (Å²) in [7, 11) is 0. The predicted molar refractivity (Wildman–Crippen MR) is 57.3 cm³/mol. The number of non-ortho nitro benzene ring substituents is 1. The van der Waals surface area contributed by atoms with Crippen molar-refractivity contribution in [1.82, 2.24) is 0 Å². The van der Waals surface area contributed by atoms with E-state index in [1.165, 1.54) is 24.3 Å². The zero-order valence-electron chi connectivity index (χ0n) is 7.67. The molecule has 0 spiro atoms. The lowest BCUT2D eigenvalue weighted by atomic mass is 10.1. The molecule has 0 saturated carbocycles. The molecule has 84 valence electrons. The molecule has 0 saturated heterocycles. The number of hydrogen-bond donors (Lipinski definition) is 1. The van der Waals surface area contributed by atoms with Crippen molar-refractivity contribution < 1.29 is 15.2 Å². The summed E-state index contributed by atoms with van der Waals surface area (Å²) in [4.78, 5) is 20.7. The van der Waals surface area contributed by atoms with Crippen molar-refractivity contribution in [2.75, 3.05) is 6.54 Å². The number of nitrogens with two attached hydrogens (primary N) is 1. The number of rotatable bonds is 3. The zero-order chi connectivity index (χ0) is 9.84. The topological polar surface area (TPSA) is 118 Å². The van der Waals surface area contributed by atoms with E-state index >= 15 is 0 Å². The van der Waals surface area contributed by atoms with E-state index in [1.807, 2.05) is 0 Å². The average Bonchev–Trinajstić information content (AvgIpc) is 2.17. The van der Waals surface area contributed by atoms with Crippen LogP contribution in [0.15, 0.2) is 24.3 Å². The smallest absolute Gasteiger partial charge is 0.269 e. The summed E-state index contributed by atoms with van der Waals surface area (Å²) < 4.78 is 0. The van der Waals surface area contributed by atoms with Gasteiger partial charge in [0.15, 0.2) is 5.78 Å². The highest BCUT2D eigenvalue weighted by atomic mass is 35.5. The number of nitro benzene ring substituents is 1. The first-order chi connectivity index (χ1) is 6.15. The number of ketones is 1. The van der Waals surface area contributed by atoms with Gasteiger partial charge in [-0.3, -0.25) is 14.9 Å². The lowest BCUT2D eigenvalue weighted by Crippen LogP contribution is -2.13. The van der Waals surface area contributed by atoms with Crippen molar-refractivity contribution in [2.24, 2.45) is 5.73 Å². The minimum Gasteiger partial charge on any atom is -0.412 e.